The lowest BCUT2D eigenvalue weighted by Crippen LogP contribution is -2.29. The Morgan fingerprint density at radius 2 is 2.00 bits per heavy atom. The van der Waals surface area contributed by atoms with E-state index in [9.17, 15) is 4.39 Å². The van der Waals surface area contributed by atoms with Crippen molar-refractivity contribution in [3.8, 4) is 11.1 Å². The van der Waals surface area contributed by atoms with E-state index in [1.54, 1.807) is 6.20 Å². The molecular weight excluding hydrogens is 279 g/mol. The van der Waals surface area contributed by atoms with Crippen molar-refractivity contribution in [3.63, 3.8) is 0 Å². The predicted octanol–water partition coefficient (Wildman–Crippen LogP) is 3.75. The van der Waals surface area contributed by atoms with E-state index in [4.69, 9.17) is 0 Å². The second-order valence-electron chi connectivity index (χ2n) is 5.70. The molecular formula is C17H17FN4. The Hall–Kier alpha value is -2.43. The fourth-order valence-corrected chi connectivity index (χ4v) is 3.22. The molecule has 0 aromatic carbocycles. The maximum atomic E-state index is 13.5. The quantitative estimate of drug-likeness (QED) is 0.783. The van der Waals surface area contributed by atoms with Gasteiger partial charge in [0.25, 0.3) is 0 Å². The van der Waals surface area contributed by atoms with Gasteiger partial charge in [-0.25, -0.2) is 9.37 Å². The van der Waals surface area contributed by atoms with Crippen molar-refractivity contribution in [2.45, 2.75) is 19.3 Å². The minimum absolute atomic E-state index is 0.324. The number of hydrogen-bond donors (Lipinski definition) is 1. The van der Waals surface area contributed by atoms with Crippen molar-refractivity contribution in [1.82, 2.24) is 15.0 Å². The van der Waals surface area contributed by atoms with Gasteiger partial charge in [0.15, 0.2) is 0 Å². The zero-order valence-electron chi connectivity index (χ0n) is 12.2. The molecule has 0 amide bonds. The first-order valence-corrected chi connectivity index (χ1v) is 7.65. The smallest absolute Gasteiger partial charge is 0.142 e. The number of nitrogens with one attached hydrogen (secondary N) is 1. The van der Waals surface area contributed by atoms with Crippen LogP contribution in [0.15, 0.2) is 36.9 Å². The summed E-state index contributed by atoms with van der Waals surface area (Å²) in [5.74, 6) is -0.324. The zero-order chi connectivity index (χ0) is 14.9. The number of rotatable bonds is 2. The number of halogens is 1. The lowest BCUT2D eigenvalue weighted by Gasteiger charge is -2.29. The molecule has 0 atom stereocenters. The minimum atomic E-state index is -0.324. The molecule has 1 fully saturated rings. The highest BCUT2D eigenvalue weighted by atomic mass is 19.1. The standard InChI is InChI=1S/C17H17FN4/c18-13-8-12(9-19-10-13)14-11-21-17-16(14)15(4-5-20-17)22-6-2-1-3-7-22/h4-5,8-11H,1-3,6-7H2,(H,20,21). The van der Waals surface area contributed by atoms with Gasteiger partial charge in [-0.05, 0) is 31.4 Å². The number of pyridine rings is 2. The lowest BCUT2D eigenvalue weighted by atomic mass is 10.0. The Labute approximate surface area is 128 Å². The highest BCUT2D eigenvalue weighted by molar-refractivity contribution is 6.02. The Kier molecular flexibility index (Phi) is 3.25. The van der Waals surface area contributed by atoms with Crippen LogP contribution in [0, 0.1) is 5.82 Å². The Morgan fingerprint density at radius 3 is 2.82 bits per heavy atom. The molecule has 3 aromatic rings. The van der Waals surface area contributed by atoms with Crippen LogP contribution in [0.4, 0.5) is 10.1 Å². The third-order valence-electron chi connectivity index (χ3n) is 4.26. The van der Waals surface area contributed by atoms with Crippen molar-refractivity contribution in [1.29, 1.82) is 0 Å². The lowest BCUT2D eigenvalue weighted by molar-refractivity contribution is 0.579. The first kappa shape index (κ1) is 13.2. The van der Waals surface area contributed by atoms with Crippen LogP contribution in [0.2, 0.25) is 0 Å². The molecule has 1 aliphatic heterocycles. The van der Waals surface area contributed by atoms with E-state index in [1.165, 1.54) is 37.2 Å². The van der Waals surface area contributed by atoms with E-state index in [1.807, 2.05) is 12.4 Å². The van der Waals surface area contributed by atoms with Crippen LogP contribution >= 0.6 is 0 Å². The Bertz CT molecular complexity index is 805. The van der Waals surface area contributed by atoms with E-state index >= 15 is 0 Å². The number of aromatic nitrogens is 3. The first-order chi connectivity index (χ1) is 10.8. The molecule has 4 heterocycles. The average Bonchev–Trinajstić information content (AvgIpc) is 3.00. The van der Waals surface area contributed by atoms with Crippen LogP contribution in [0.5, 0.6) is 0 Å². The SMILES string of the molecule is Fc1cncc(-c2c[nH]c3nccc(N4CCCCC4)c23)c1. The number of nitrogens with zero attached hydrogens (tertiary/aromatic N) is 3. The molecule has 5 heteroatoms. The molecule has 0 bridgehead atoms. The van der Waals surface area contributed by atoms with Crippen LogP contribution in [0.3, 0.4) is 0 Å². The van der Waals surface area contributed by atoms with E-state index in [2.05, 4.69) is 25.9 Å². The van der Waals surface area contributed by atoms with Gasteiger partial charge in [0, 0.05) is 53.9 Å². The second kappa shape index (κ2) is 5.40. The second-order valence-corrected chi connectivity index (χ2v) is 5.70. The topological polar surface area (TPSA) is 44.8 Å². The monoisotopic (exact) mass is 296 g/mol. The van der Waals surface area contributed by atoms with Gasteiger partial charge in [-0.15, -0.1) is 0 Å². The van der Waals surface area contributed by atoms with E-state index < -0.39 is 0 Å². The predicted molar refractivity (Wildman–Crippen MR) is 85.3 cm³/mol. The summed E-state index contributed by atoms with van der Waals surface area (Å²) in [6.07, 6.45) is 10.4. The summed E-state index contributed by atoms with van der Waals surface area (Å²) in [5.41, 5.74) is 3.74. The molecule has 22 heavy (non-hydrogen) atoms. The summed E-state index contributed by atoms with van der Waals surface area (Å²) in [6.45, 7) is 2.12. The molecule has 0 radical (unpaired) electrons. The van der Waals surface area contributed by atoms with Gasteiger partial charge in [0.05, 0.1) is 6.20 Å². The molecule has 0 aliphatic carbocycles. The number of H-pyrrole nitrogens is 1. The van der Waals surface area contributed by atoms with Gasteiger partial charge in [0.2, 0.25) is 0 Å². The largest absolute Gasteiger partial charge is 0.371 e. The normalized spacial score (nSPS) is 15.4. The average molecular weight is 296 g/mol. The van der Waals surface area contributed by atoms with Gasteiger partial charge in [-0.3, -0.25) is 4.98 Å². The maximum absolute atomic E-state index is 13.5. The summed E-state index contributed by atoms with van der Waals surface area (Å²) >= 11 is 0. The van der Waals surface area contributed by atoms with Crippen molar-refractivity contribution in [3.05, 3.63) is 42.7 Å². The number of aromatic amines is 1. The third kappa shape index (κ3) is 2.22. The van der Waals surface area contributed by atoms with Crippen LogP contribution in [-0.4, -0.2) is 28.0 Å². The molecule has 4 rings (SSSR count). The summed E-state index contributed by atoms with van der Waals surface area (Å²) in [7, 11) is 0. The van der Waals surface area contributed by atoms with E-state index in [0.29, 0.717) is 0 Å². The summed E-state index contributed by atoms with van der Waals surface area (Å²) in [4.78, 5) is 14.0. The van der Waals surface area contributed by atoms with Gasteiger partial charge in [-0.1, -0.05) is 0 Å². The van der Waals surface area contributed by atoms with Crippen LogP contribution in [0.25, 0.3) is 22.2 Å². The van der Waals surface area contributed by atoms with Crippen LogP contribution < -0.4 is 4.90 Å². The van der Waals surface area contributed by atoms with Crippen molar-refractivity contribution < 1.29 is 4.39 Å². The fourth-order valence-electron chi connectivity index (χ4n) is 3.22. The molecule has 1 N–H and O–H groups in total. The van der Waals surface area contributed by atoms with Crippen LogP contribution in [0.1, 0.15) is 19.3 Å². The number of piperidine rings is 1. The Balaban J connectivity index is 1.89. The van der Waals surface area contributed by atoms with Gasteiger partial charge >= 0.3 is 0 Å². The number of fused-ring (bicyclic) bond motifs is 1. The van der Waals surface area contributed by atoms with Gasteiger partial charge < -0.3 is 9.88 Å². The molecule has 3 aromatic heterocycles. The van der Waals surface area contributed by atoms with Crippen molar-refractivity contribution >= 4 is 16.7 Å². The molecule has 0 unspecified atom stereocenters. The molecule has 0 saturated carbocycles. The summed E-state index contributed by atoms with van der Waals surface area (Å²) < 4.78 is 13.5. The van der Waals surface area contributed by atoms with Crippen molar-refractivity contribution in [2.75, 3.05) is 18.0 Å². The van der Waals surface area contributed by atoms with Gasteiger partial charge in [-0.2, -0.15) is 0 Å². The highest BCUT2D eigenvalue weighted by Gasteiger charge is 2.18. The zero-order valence-corrected chi connectivity index (χ0v) is 12.2. The molecule has 0 spiro atoms. The number of anilines is 1. The summed E-state index contributed by atoms with van der Waals surface area (Å²) in [5, 5.41) is 1.05. The first-order valence-electron chi connectivity index (χ1n) is 7.65. The molecule has 1 aliphatic rings. The van der Waals surface area contributed by atoms with E-state index in [-0.39, 0.29) is 5.82 Å². The van der Waals surface area contributed by atoms with Crippen LogP contribution in [-0.2, 0) is 0 Å². The highest BCUT2D eigenvalue weighted by Crippen LogP contribution is 2.35. The minimum Gasteiger partial charge on any atom is -0.371 e. The molecule has 4 nitrogen and oxygen atoms in total. The Morgan fingerprint density at radius 1 is 1.14 bits per heavy atom. The van der Waals surface area contributed by atoms with Gasteiger partial charge in [0.1, 0.15) is 11.5 Å². The fraction of sp³-hybridized carbons (Fsp3) is 0.294. The molecule has 1 saturated heterocycles. The summed E-state index contributed by atoms with van der Waals surface area (Å²) in [6, 6.07) is 3.57. The van der Waals surface area contributed by atoms with Crippen molar-refractivity contribution in [2.24, 2.45) is 0 Å². The van der Waals surface area contributed by atoms with E-state index in [0.717, 1.165) is 35.2 Å². The number of hydrogen-bond acceptors (Lipinski definition) is 3. The third-order valence-corrected chi connectivity index (χ3v) is 4.26. The molecule has 112 valence electrons. The maximum Gasteiger partial charge on any atom is 0.142 e.